The Morgan fingerprint density at radius 3 is 2.72 bits per heavy atom. The van der Waals surface area contributed by atoms with Gasteiger partial charge in [0.25, 0.3) is 5.91 Å². The van der Waals surface area contributed by atoms with Gasteiger partial charge in [-0.3, -0.25) is 4.79 Å². The number of hydrogen-bond acceptors (Lipinski definition) is 10. The summed E-state index contributed by atoms with van der Waals surface area (Å²) >= 11 is 0. The molecular formula is C30H37F2N7O4. The number of carbonyl (C=O) groups is 1. The van der Waals surface area contributed by atoms with Gasteiger partial charge in [-0.15, -0.1) is 0 Å². The number of anilines is 2. The van der Waals surface area contributed by atoms with Gasteiger partial charge in [-0.1, -0.05) is 12.6 Å². The number of aromatic hydroxyl groups is 1. The monoisotopic (exact) mass is 597 g/mol. The first-order valence-electron chi connectivity index (χ1n) is 14.4. The van der Waals surface area contributed by atoms with Gasteiger partial charge in [-0.2, -0.15) is 15.2 Å². The number of phenolic OH excluding ortho intramolecular Hbond substituents is 1. The van der Waals surface area contributed by atoms with Crippen molar-refractivity contribution in [1.82, 2.24) is 19.8 Å². The Morgan fingerprint density at radius 1 is 1.28 bits per heavy atom. The fraction of sp³-hybridized carbons (Fsp3) is 0.533. The minimum absolute atomic E-state index is 0.0134. The summed E-state index contributed by atoms with van der Waals surface area (Å²) in [6, 6.07) is 5.92. The number of benzene rings is 1. The van der Waals surface area contributed by atoms with Gasteiger partial charge in [-0.05, 0) is 39.1 Å². The maximum atomic E-state index is 14.9. The summed E-state index contributed by atoms with van der Waals surface area (Å²) in [4.78, 5) is 29.3. The molecule has 0 bridgehead atoms. The molecule has 43 heavy (non-hydrogen) atoms. The topological polar surface area (TPSA) is 118 Å². The molecule has 11 nitrogen and oxygen atoms in total. The third-order valence-corrected chi connectivity index (χ3v) is 8.11. The SMILES string of the molecule is C=C(F)C(=O)N1CCN(c2nc(OCC3(CN(C)C)COC3)nc3c2CCCN(c2c(O)cccc2F)C3)C[C@@H]1CC#N. The van der Waals surface area contributed by atoms with Gasteiger partial charge < -0.3 is 34.2 Å². The molecule has 2 aromatic rings. The summed E-state index contributed by atoms with van der Waals surface area (Å²) in [6.45, 7) is 6.81. The Kier molecular flexibility index (Phi) is 8.98. The number of nitriles is 1. The van der Waals surface area contributed by atoms with Gasteiger partial charge in [0, 0.05) is 38.3 Å². The van der Waals surface area contributed by atoms with Crippen LogP contribution in [0.4, 0.5) is 20.3 Å². The van der Waals surface area contributed by atoms with Gasteiger partial charge in [0.05, 0.1) is 49.4 Å². The summed E-state index contributed by atoms with van der Waals surface area (Å²) in [7, 11) is 3.98. The van der Waals surface area contributed by atoms with Crippen LogP contribution in [0.15, 0.2) is 30.6 Å². The lowest BCUT2D eigenvalue weighted by Gasteiger charge is -2.42. The van der Waals surface area contributed by atoms with Crippen molar-refractivity contribution in [3.63, 3.8) is 0 Å². The number of fused-ring (bicyclic) bond motifs is 1. The van der Waals surface area contributed by atoms with E-state index in [1.54, 1.807) is 4.90 Å². The number of ether oxygens (including phenoxy) is 2. The number of phenols is 1. The second kappa shape index (κ2) is 12.7. The predicted molar refractivity (Wildman–Crippen MR) is 155 cm³/mol. The molecule has 5 rings (SSSR count). The summed E-state index contributed by atoms with van der Waals surface area (Å²) in [5, 5.41) is 20.0. The van der Waals surface area contributed by atoms with Crippen molar-refractivity contribution in [2.45, 2.75) is 31.8 Å². The molecule has 0 spiro atoms. The van der Waals surface area contributed by atoms with Crippen LogP contribution in [-0.4, -0.2) is 103 Å². The smallest absolute Gasteiger partial charge is 0.318 e. The van der Waals surface area contributed by atoms with E-state index in [4.69, 9.17) is 19.4 Å². The van der Waals surface area contributed by atoms with Crippen LogP contribution >= 0.6 is 0 Å². The zero-order valence-corrected chi connectivity index (χ0v) is 24.6. The lowest BCUT2D eigenvalue weighted by molar-refractivity contribution is -0.140. The van der Waals surface area contributed by atoms with E-state index < -0.39 is 23.6 Å². The first-order chi connectivity index (χ1) is 20.6. The molecule has 0 radical (unpaired) electrons. The number of aromatic nitrogens is 2. The maximum Gasteiger partial charge on any atom is 0.318 e. The molecule has 3 aliphatic rings. The van der Waals surface area contributed by atoms with E-state index in [-0.39, 0.29) is 48.9 Å². The summed E-state index contributed by atoms with van der Waals surface area (Å²) in [6.07, 6.45) is 1.24. The minimum atomic E-state index is -1.06. The molecule has 1 atom stereocenters. The number of halogens is 2. The number of piperazine rings is 1. The average Bonchev–Trinajstić information content (AvgIpc) is 3.16. The van der Waals surface area contributed by atoms with Crippen molar-refractivity contribution in [3.05, 3.63) is 47.7 Å². The molecule has 3 aliphatic heterocycles. The molecule has 230 valence electrons. The van der Waals surface area contributed by atoms with Gasteiger partial charge >= 0.3 is 6.01 Å². The van der Waals surface area contributed by atoms with Crippen LogP contribution in [0.25, 0.3) is 0 Å². The molecule has 1 N–H and O–H groups in total. The Labute approximate surface area is 249 Å². The van der Waals surface area contributed by atoms with Crippen LogP contribution < -0.4 is 14.5 Å². The number of amides is 1. The van der Waals surface area contributed by atoms with Crippen LogP contribution in [-0.2, 0) is 22.5 Å². The average molecular weight is 598 g/mol. The van der Waals surface area contributed by atoms with E-state index in [1.807, 2.05) is 19.0 Å². The Hall–Kier alpha value is -4.02. The summed E-state index contributed by atoms with van der Waals surface area (Å²) in [5.74, 6) is -1.95. The zero-order chi connectivity index (χ0) is 30.7. The first kappa shape index (κ1) is 30.4. The standard InChI is InChI=1S/C30H37F2N7O4/c1-20(31)28(41)39-13-12-38(14-21(39)9-10-33)27-22-6-5-11-37(26-23(32)7-4-8-25(26)40)15-24(22)34-29(35-27)43-19-30(16-36(2)3)17-42-18-30/h4,7-8,21,40H,1,5-6,9,11-19H2,2-3H3/t21-/m0/s1. The lowest BCUT2D eigenvalue weighted by Crippen LogP contribution is -2.55. The van der Waals surface area contributed by atoms with Crippen LogP contribution in [0.3, 0.4) is 0 Å². The fourth-order valence-corrected chi connectivity index (χ4v) is 6.17. The Balaban J connectivity index is 1.50. The third-order valence-electron chi connectivity index (χ3n) is 8.11. The number of rotatable bonds is 9. The van der Waals surface area contributed by atoms with Gasteiger partial charge in [0.1, 0.15) is 29.7 Å². The van der Waals surface area contributed by atoms with Crippen LogP contribution in [0.2, 0.25) is 0 Å². The van der Waals surface area contributed by atoms with Crippen molar-refractivity contribution in [2.75, 3.05) is 76.4 Å². The molecule has 2 fully saturated rings. The van der Waals surface area contributed by atoms with E-state index in [9.17, 15) is 23.9 Å². The van der Waals surface area contributed by atoms with Crippen molar-refractivity contribution in [1.29, 1.82) is 5.26 Å². The highest BCUT2D eigenvalue weighted by Gasteiger charge is 2.41. The van der Waals surface area contributed by atoms with E-state index >= 15 is 0 Å². The van der Waals surface area contributed by atoms with E-state index in [0.717, 1.165) is 12.1 Å². The van der Waals surface area contributed by atoms with E-state index in [1.165, 1.54) is 23.1 Å². The second-order valence-corrected chi connectivity index (χ2v) is 11.8. The molecule has 2 saturated heterocycles. The van der Waals surface area contributed by atoms with E-state index in [2.05, 4.69) is 17.5 Å². The predicted octanol–water partition coefficient (Wildman–Crippen LogP) is 2.65. The third kappa shape index (κ3) is 6.50. The minimum Gasteiger partial charge on any atom is -0.506 e. The van der Waals surface area contributed by atoms with Crippen molar-refractivity contribution >= 4 is 17.4 Å². The number of para-hydroxylation sites is 1. The number of carbonyl (C=O) groups excluding carboxylic acids is 1. The Bertz CT molecular complexity index is 1390. The molecule has 0 aliphatic carbocycles. The Morgan fingerprint density at radius 2 is 2.07 bits per heavy atom. The molecule has 1 amide bonds. The van der Waals surface area contributed by atoms with Crippen molar-refractivity contribution in [3.8, 4) is 17.8 Å². The number of nitrogens with zero attached hydrogens (tertiary/aromatic N) is 7. The highest BCUT2D eigenvalue weighted by molar-refractivity contribution is 5.91. The second-order valence-electron chi connectivity index (χ2n) is 11.8. The normalized spacial score (nSPS) is 19.7. The van der Waals surface area contributed by atoms with Crippen LogP contribution in [0, 0.1) is 22.6 Å². The lowest BCUT2D eigenvalue weighted by atomic mass is 9.86. The van der Waals surface area contributed by atoms with Gasteiger partial charge in [0.15, 0.2) is 5.83 Å². The summed E-state index contributed by atoms with van der Waals surface area (Å²) < 4.78 is 40.4. The van der Waals surface area contributed by atoms with Crippen molar-refractivity contribution in [2.24, 2.45) is 5.41 Å². The molecule has 1 aromatic heterocycles. The summed E-state index contributed by atoms with van der Waals surface area (Å²) in [5.41, 5.74) is 1.40. The molecular weight excluding hydrogens is 560 g/mol. The first-order valence-corrected chi connectivity index (χ1v) is 14.4. The zero-order valence-electron chi connectivity index (χ0n) is 24.6. The van der Waals surface area contributed by atoms with Gasteiger partial charge in [0.2, 0.25) is 0 Å². The van der Waals surface area contributed by atoms with Crippen LogP contribution in [0.1, 0.15) is 24.1 Å². The van der Waals surface area contributed by atoms with Gasteiger partial charge in [-0.25, -0.2) is 8.78 Å². The molecule has 4 heterocycles. The molecule has 0 saturated carbocycles. The highest BCUT2D eigenvalue weighted by atomic mass is 19.1. The quantitative estimate of drug-likeness (QED) is 0.432. The highest BCUT2D eigenvalue weighted by Crippen LogP contribution is 2.36. The van der Waals surface area contributed by atoms with E-state index in [0.29, 0.717) is 57.3 Å². The number of hydrogen-bond donors (Lipinski definition) is 1. The van der Waals surface area contributed by atoms with Crippen LogP contribution in [0.5, 0.6) is 11.8 Å². The fourth-order valence-electron chi connectivity index (χ4n) is 6.17. The molecule has 0 unspecified atom stereocenters. The maximum absolute atomic E-state index is 14.9. The largest absolute Gasteiger partial charge is 0.506 e. The molecule has 13 heteroatoms. The van der Waals surface area contributed by atoms with Crippen molar-refractivity contribution < 1.29 is 28.2 Å². The molecule has 1 aromatic carbocycles.